The summed E-state index contributed by atoms with van der Waals surface area (Å²) in [5.74, 6) is 1.58. The van der Waals surface area contributed by atoms with E-state index in [1.807, 2.05) is 41.3 Å². The normalized spacial score (nSPS) is 18.1. The highest BCUT2D eigenvalue weighted by Crippen LogP contribution is 2.33. The first-order chi connectivity index (χ1) is 12.8. The van der Waals surface area contributed by atoms with Gasteiger partial charge in [0.15, 0.2) is 11.5 Å². The van der Waals surface area contributed by atoms with Gasteiger partial charge in [-0.25, -0.2) is 0 Å². The maximum atomic E-state index is 12.9. The van der Waals surface area contributed by atoms with Gasteiger partial charge in [-0.15, -0.1) is 0 Å². The largest absolute Gasteiger partial charge is 0.454 e. The second-order valence-electron chi connectivity index (χ2n) is 6.68. The lowest BCUT2D eigenvalue weighted by atomic mass is 10.1. The van der Waals surface area contributed by atoms with E-state index in [1.54, 1.807) is 0 Å². The van der Waals surface area contributed by atoms with E-state index in [2.05, 4.69) is 12.1 Å². The fourth-order valence-electron chi connectivity index (χ4n) is 3.41. The van der Waals surface area contributed by atoms with Gasteiger partial charge >= 0.3 is 0 Å². The first-order valence-corrected chi connectivity index (χ1v) is 9.12. The van der Waals surface area contributed by atoms with Crippen LogP contribution in [0.5, 0.6) is 11.5 Å². The van der Waals surface area contributed by atoms with Crippen LogP contribution < -0.4 is 9.47 Å². The van der Waals surface area contributed by atoms with Crippen molar-refractivity contribution in [3.05, 3.63) is 59.7 Å². The number of carbonyl (C=O) groups is 1. The maximum Gasteiger partial charge on any atom is 0.252 e. The van der Waals surface area contributed by atoms with E-state index in [0.29, 0.717) is 19.7 Å². The molecular weight excluding hydrogens is 330 g/mol. The molecule has 136 valence electrons. The third-order valence-corrected chi connectivity index (χ3v) is 4.84. The van der Waals surface area contributed by atoms with E-state index in [-0.39, 0.29) is 18.8 Å². The van der Waals surface area contributed by atoms with Gasteiger partial charge in [-0.05, 0) is 42.5 Å². The molecule has 0 saturated carbocycles. The van der Waals surface area contributed by atoms with Crippen LogP contribution in [0, 0.1) is 0 Å². The topological polar surface area (TPSA) is 48.0 Å². The van der Waals surface area contributed by atoms with Crippen LogP contribution in [0.25, 0.3) is 0 Å². The summed E-state index contributed by atoms with van der Waals surface area (Å²) in [5, 5.41) is 0. The highest BCUT2D eigenvalue weighted by atomic mass is 16.7. The van der Waals surface area contributed by atoms with Crippen LogP contribution in [-0.4, -0.2) is 36.9 Å². The fraction of sp³-hybridized carbons (Fsp3) is 0.381. The molecule has 0 bridgehead atoms. The summed E-state index contributed by atoms with van der Waals surface area (Å²) in [4.78, 5) is 14.9. The van der Waals surface area contributed by atoms with E-state index in [4.69, 9.17) is 14.2 Å². The lowest BCUT2D eigenvalue weighted by Crippen LogP contribution is -2.39. The van der Waals surface area contributed by atoms with E-state index >= 15 is 0 Å². The Bertz CT molecular complexity index is 756. The molecule has 1 fully saturated rings. The van der Waals surface area contributed by atoms with E-state index < -0.39 is 0 Å². The standard InChI is InChI=1S/C21H23NO4/c23-21(19-7-4-12-24-19)22(11-10-16-5-2-1-3-6-16)14-17-8-9-18-20(13-17)26-15-25-18/h1-3,5-6,8-9,13,19H,4,7,10-12,14-15H2. The van der Waals surface area contributed by atoms with Crippen LogP contribution in [0.3, 0.4) is 0 Å². The van der Waals surface area contributed by atoms with E-state index in [9.17, 15) is 4.79 Å². The van der Waals surface area contributed by atoms with Crippen LogP contribution >= 0.6 is 0 Å². The van der Waals surface area contributed by atoms with Crippen molar-refractivity contribution in [3.63, 3.8) is 0 Å². The molecule has 1 amide bonds. The number of nitrogens with zero attached hydrogens (tertiary/aromatic N) is 1. The van der Waals surface area contributed by atoms with Crippen molar-refractivity contribution in [2.24, 2.45) is 0 Å². The quantitative estimate of drug-likeness (QED) is 0.800. The number of carbonyl (C=O) groups excluding carboxylic acids is 1. The highest BCUT2D eigenvalue weighted by Gasteiger charge is 2.28. The molecule has 2 heterocycles. The highest BCUT2D eigenvalue weighted by molar-refractivity contribution is 5.81. The average molecular weight is 353 g/mol. The summed E-state index contributed by atoms with van der Waals surface area (Å²) in [6.45, 7) is 2.14. The Kier molecular flexibility index (Phi) is 5.07. The van der Waals surface area contributed by atoms with Gasteiger partial charge in [0.05, 0.1) is 0 Å². The second kappa shape index (κ2) is 7.79. The first kappa shape index (κ1) is 16.9. The Morgan fingerprint density at radius 3 is 2.69 bits per heavy atom. The van der Waals surface area contributed by atoms with Gasteiger partial charge in [0.25, 0.3) is 5.91 Å². The molecule has 0 aromatic heterocycles. The predicted octanol–water partition coefficient (Wildman–Crippen LogP) is 3.17. The molecule has 1 atom stereocenters. The van der Waals surface area contributed by atoms with Gasteiger partial charge in [0.1, 0.15) is 6.10 Å². The Balaban J connectivity index is 1.48. The Morgan fingerprint density at radius 2 is 1.88 bits per heavy atom. The third-order valence-electron chi connectivity index (χ3n) is 4.84. The lowest BCUT2D eigenvalue weighted by molar-refractivity contribution is -0.141. The average Bonchev–Trinajstić information content (AvgIpc) is 3.36. The number of hydrogen-bond donors (Lipinski definition) is 0. The van der Waals surface area contributed by atoms with Crippen LogP contribution in [-0.2, 0) is 22.5 Å². The number of hydrogen-bond acceptors (Lipinski definition) is 4. The lowest BCUT2D eigenvalue weighted by Gasteiger charge is -2.25. The number of fused-ring (bicyclic) bond motifs is 1. The maximum absolute atomic E-state index is 12.9. The third kappa shape index (κ3) is 3.83. The van der Waals surface area contributed by atoms with Crippen molar-refractivity contribution >= 4 is 5.91 Å². The monoisotopic (exact) mass is 353 g/mol. The molecule has 2 aromatic rings. The zero-order chi connectivity index (χ0) is 17.8. The minimum Gasteiger partial charge on any atom is -0.454 e. The summed E-state index contributed by atoms with van der Waals surface area (Å²) < 4.78 is 16.5. The predicted molar refractivity (Wildman–Crippen MR) is 97.1 cm³/mol. The van der Waals surface area contributed by atoms with Gasteiger partial charge in [-0.1, -0.05) is 36.4 Å². The summed E-state index contributed by atoms with van der Waals surface area (Å²) >= 11 is 0. The van der Waals surface area contributed by atoms with Crippen molar-refractivity contribution < 1.29 is 19.0 Å². The number of rotatable bonds is 6. The Hall–Kier alpha value is -2.53. The van der Waals surface area contributed by atoms with Crippen molar-refractivity contribution in [2.75, 3.05) is 19.9 Å². The molecular formula is C21H23NO4. The van der Waals surface area contributed by atoms with Gasteiger partial charge in [0, 0.05) is 19.7 Å². The zero-order valence-corrected chi connectivity index (χ0v) is 14.7. The second-order valence-corrected chi connectivity index (χ2v) is 6.68. The molecule has 5 nitrogen and oxygen atoms in total. The van der Waals surface area contributed by atoms with Crippen molar-refractivity contribution in [1.82, 2.24) is 4.90 Å². The van der Waals surface area contributed by atoms with Gasteiger partial charge < -0.3 is 19.1 Å². The van der Waals surface area contributed by atoms with Crippen LogP contribution in [0.4, 0.5) is 0 Å². The zero-order valence-electron chi connectivity index (χ0n) is 14.7. The van der Waals surface area contributed by atoms with Gasteiger partial charge in [0.2, 0.25) is 6.79 Å². The minimum atomic E-state index is -0.306. The summed E-state index contributed by atoms with van der Waals surface area (Å²) in [7, 11) is 0. The Morgan fingerprint density at radius 1 is 1.04 bits per heavy atom. The molecule has 0 radical (unpaired) electrons. The summed E-state index contributed by atoms with van der Waals surface area (Å²) in [6.07, 6.45) is 2.28. The Labute approximate surface area is 153 Å². The first-order valence-electron chi connectivity index (χ1n) is 9.12. The number of amides is 1. The van der Waals surface area contributed by atoms with E-state index in [1.165, 1.54) is 5.56 Å². The van der Waals surface area contributed by atoms with E-state index in [0.717, 1.165) is 36.3 Å². The van der Waals surface area contributed by atoms with Gasteiger partial charge in [-0.2, -0.15) is 0 Å². The molecule has 2 aliphatic rings. The smallest absolute Gasteiger partial charge is 0.252 e. The van der Waals surface area contributed by atoms with Crippen LogP contribution in [0.15, 0.2) is 48.5 Å². The number of ether oxygens (including phenoxy) is 3. The summed E-state index contributed by atoms with van der Waals surface area (Å²) in [5.41, 5.74) is 2.26. The number of benzene rings is 2. The molecule has 2 aromatic carbocycles. The van der Waals surface area contributed by atoms with Gasteiger partial charge in [-0.3, -0.25) is 4.79 Å². The van der Waals surface area contributed by atoms with Crippen LogP contribution in [0.2, 0.25) is 0 Å². The van der Waals surface area contributed by atoms with Crippen LogP contribution in [0.1, 0.15) is 24.0 Å². The van der Waals surface area contributed by atoms with Crippen molar-refractivity contribution in [3.8, 4) is 11.5 Å². The molecule has 0 aliphatic carbocycles. The molecule has 0 spiro atoms. The minimum absolute atomic E-state index is 0.0797. The molecule has 26 heavy (non-hydrogen) atoms. The molecule has 4 rings (SSSR count). The summed E-state index contributed by atoms with van der Waals surface area (Å²) in [6, 6.07) is 16.1. The molecule has 0 N–H and O–H groups in total. The molecule has 1 unspecified atom stereocenters. The SMILES string of the molecule is O=C(C1CCCO1)N(CCc1ccccc1)Cc1ccc2c(c1)OCO2. The molecule has 2 aliphatic heterocycles. The molecule has 5 heteroatoms. The molecule has 1 saturated heterocycles. The van der Waals surface area contributed by atoms with Crippen molar-refractivity contribution in [2.45, 2.75) is 31.9 Å². The van der Waals surface area contributed by atoms with Crippen molar-refractivity contribution in [1.29, 1.82) is 0 Å². The fourth-order valence-corrected chi connectivity index (χ4v) is 3.41.